The lowest BCUT2D eigenvalue weighted by Crippen LogP contribution is -2.23. The Kier molecular flexibility index (Phi) is 3.62. The van der Waals surface area contributed by atoms with Gasteiger partial charge in [-0.2, -0.15) is 0 Å². The molecule has 1 aromatic heterocycles. The van der Waals surface area contributed by atoms with Crippen molar-refractivity contribution in [3.8, 4) is 0 Å². The van der Waals surface area contributed by atoms with Crippen molar-refractivity contribution >= 4 is 17.6 Å². The predicted molar refractivity (Wildman–Crippen MR) is 52.9 cm³/mol. The lowest BCUT2D eigenvalue weighted by Gasteiger charge is -2.11. The summed E-state index contributed by atoms with van der Waals surface area (Å²) in [6.07, 6.45) is 1.87. The molecule has 1 N–H and O–H groups in total. The number of hydrogen-bond acceptors (Lipinski definition) is 4. The van der Waals surface area contributed by atoms with E-state index in [2.05, 4.69) is 15.5 Å². The van der Waals surface area contributed by atoms with Crippen LogP contribution in [-0.4, -0.2) is 28.9 Å². The van der Waals surface area contributed by atoms with Crippen molar-refractivity contribution in [2.45, 2.75) is 17.9 Å². The summed E-state index contributed by atoms with van der Waals surface area (Å²) in [6.45, 7) is 0.421. The van der Waals surface area contributed by atoms with Crippen molar-refractivity contribution in [2.24, 2.45) is 0 Å². The fourth-order valence-electron chi connectivity index (χ4n) is 0.769. The van der Waals surface area contributed by atoms with Crippen molar-refractivity contribution in [2.75, 3.05) is 18.1 Å². The summed E-state index contributed by atoms with van der Waals surface area (Å²) in [5.41, 5.74) is 0. The van der Waals surface area contributed by atoms with Crippen LogP contribution in [0.2, 0.25) is 0 Å². The zero-order valence-corrected chi connectivity index (χ0v) is 8.74. The third kappa shape index (κ3) is 3.87. The molecule has 0 aliphatic heterocycles. The van der Waals surface area contributed by atoms with Gasteiger partial charge >= 0.3 is 0 Å². The van der Waals surface area contributed by atoms with Gasteiger partial charge in [0, 0.05) is 6.92 Å². The molecule has 0 saturated carbocycles. The number of alkyl halides is 2. The van der Waals surface area contributed by atoms with Gasteiger partial charge in [0.25, 0.3) is 5.92 Å². The summed E-state index contributed by atoms with van der Waals surface area (Å²) in [6, 6.07) is 3.36. The number of thioether (sulfide) groups is 1. The third-order valence-electron chi connectivity index (χ3n) is 1.43. The van der Waals surface area contributed by atoms with Crippen LogP contribution in [0.3, 0.4) is 0 Å². The summed E-state index contributed by atoms with van der Waals surface area (Å²) >= 11 is 1.45. The molecule has 0 aliphatic rings. The van der Waals surface area contributed by atoms with Crippen LogP contribution in [0.1, 0.15) is 6.92 Å². The lowest BCUT2D eigenvalue weighted by atomic mass is 10.4. The van der Waals surface area contributed by atoms with Crippen molar-refractivity contribution in [1.29, 1.82) is 0 Å². The molecule has 3 nitrogen and oxygen atoms in total. The van der Waals surface area contributed by atoms with E-state index in [0.29, 0.717) is 5.82 Å². The van der Waals surface area contributed by atoms with E-state index in [1.807, 2.05) is 6.26 Å². The van der Waals surface area contributed by atoms with Gasteiger partial charge in [0.15, 0.2) is 0 Å². The molecule has 0 aromatic carbocycles. The van der Waals surface area contributed by atoms with E-state index in [-0.39, 0.29) is 0 Å². The highest BCUT2D eigenvalue weighted by Crippen LogP contribution is 2.14. The maximum atomic E-state index is 12.4. The number of nitrogens with one attached hydrogen (secondary N) is 1. The normalized spacial score (nSPS) is 11.4. The van der Waals surface area contributed by atoms with Crippen LogP contribution in [0, 0.1) is 0 Å². The largest absolute Gasteiger partial charge is 0.363 e. The van der Waals surface area contributed by atoms with Crippen molar-refractivity contribution in [3.63, 3.8) is 0 Å². The predicted octanol–water partition coefficient (Wildman–Crippen LogP) is 2.27. The molecule has 1 heterocycles. The second kappa shape index (κ2) is 4.54. The lowest BCUT2D eigenvalue weighted by molar-refractivity contribution is 0.0366. The van der Waals surface area contributed by atoms with Gasteiger partial charge < -0.3 is 5.32 Å². The highest BCUT2D eigenvalue weighted by molar-refractivity contribution is 7.98. The van der Waals surface area contributed by atoms with Crippen molar-refractivity contribution in [1.82, 2.24) is 10.2 Å². The van der Waals surface area contributed by atoms with Gasteiger partial charge in [-0.05, 0) is 18.4 Å². The molecule has 0 bridgehead atoms. The Hall–Kier alpha value is -0.910. The Morgan fingerprint density at radius 3 is 2.57 bits per heavy atom. The van der Waals surface area contributed by atoms with Gasteiger partial charge in [-0.15, -0.1) is 22.0 Å². The molecule has 0 atom stereocenters. The molecular formula is C8H11F2N3S. The molecule has 0 unspecified atom stereocenters. The van der Waals surface area contributed by atoms with Crippen LogP contribution in [-0.2, 0) is 0 Å². The minimum atomic E-state index is -2.74. The Morgan fingerprint density at radius 2 is 2.14 bits per heavy atom. The Balaban J connectivity index is 2.52. The zero-order valence-electron chi connectivity index (χ0n) is 7.92. The second-order valence-corrected chi connectivity index (χ2v) is 3.71. The minimum Gasteiger partial charge on any atom is -0.363 e. The molecule has 78 valence electrons. The van der Waals surface area contributed by atoms with E-state index in [0.717, 1.165) is 11.9 Å². The van der Waals surface area contributed by atoms with E-state index >= 15 is 0 Å². The first kappa shape index (κ1) is 11.2. The standard InChI is InChI=1S/C8H11F2N3S/c1-8(9,10)5-11-6-3-4-7(14-2)13-12-6/h3-4H,5H2,1-2H3,(H,11,12). The summed E-state index contributed by atoms with van der Waals surface area (Å²) in [5.74, 6) is -2.37. The Bertz CT molecular complexity index is 284. The SMILES string of the molecule is CSc1ccc(NCC(C)(F)F)nn1. The number of anilines is 1. The van der Waals surface area contributed by atoms with Gasteiger partial charge in [-0.1, -0.05) is 0 Å². The smallest absolute Gasteiger partial charge is 0.262 e. The molecule has 0 saturated heterocycles. The van der Waals surface area contributed by atoms with Crippen LogP contribution in [0.5, 0.6) is 0 Å². The number of hydrogen-bond donors (Lipinski definition) is 1. The monoisotopic (exact) mass is 219 g/mol. The molecule has 1 rings (SSSR count). The fourth-order valence-corrected chi connectivity index (χ4v) is 1.10. The van der Waals surface area contributed by atoms with E-state index in [1.165, 1.54) is 11.8 Å². The molecule has 1 aromatic rings. The maximum absolute atomic E-state index is 12.4. The summed E-state index contributed by atoms with van der Waals surface area (Å²) in [4.78, 5) is 0. The van der Waals surface area contributed by atoms with Crippen molar-refractivity contribution in [3.05, 3.63) is 12.1 Å². The number of aromatic nitrogens is 2. The van der Waals surface area contributed by atoms with E-state index < -0.39 is 12.5 Å². The molecule has 0 radical (unpaired) electrons. The summed E-state index contributed by atoms with van der Waals surface area (Å²) in [7, 11) is 0. The average molecular weight is 219 g/mol. The molecule has 0 aliphatic carbocycles. The quantitative estimate of drug-likeness (QED) is 0.788. The highest BCUT2D eigenvalue weighted by Gasteiger charge is 2.20. The van der Waals surface area contributed by atoms with E-state index in [1.54, 1.807) is 12.1 Å². The molecular weight excluding hydrogens is 208 g/mol. The zero-order chi connectivity index (χ0) is 10.6. The number of nitrogens with zero attached hydrogens (tertiary/aromatic N) is 2. The van der Waals surface area contributed by atoms with Gasteiger partial charge in [0.2, 0.25) is 0 Å². The minimum absolute atomic E-state index is 0.365. The van der Waals surface area contributed by atoms with Gasteiger partial charge in [-0.3, -0.25) is 0 Å². The van der Waals surface area contributed by atoms with Crippen LogP contribution in [0.15, 0.2) is 17.2 Å². The van der Waals surface area contributed by atoms with Gasteiger partial charge in [-0.25, -0.2) is 8.78 Å². The fraction of sp³-hybridized carbons (Fsp3) is 0.500. The maximum Gasteiger partial charge on any atom is 0.262 e. The molecule has 0 fully saturated rings. The summed E-state index contributed by atoms with van der Waals surface area (Å²) < 4.78 is 24.9. The van der Waals surface area contributed by atoms with Crippen LogP contribution >= 0.6 is 11.8 Å². The van der Waals surface area contributed by atoms with Crippen LogP contribution in [0.4, 0.5) is 14.6 Å². The molecule has 14 heavy (non-hydrogen) atoms. The van der Waals surface area contributed by atoms with Gasteiger partial charge in [0.05, 0.1) is 6.54 Å². The summed E-state index contributed by atoms with van der Waals surface area (Å²) in [5, 5.41) is 10.8. The first-order valence-corrected chi connectivity index (χ1v) is 5.23. The average Bonchev–Trinajstić information content (AvgIpc) is 2.14. The first-order chi connectivity index (χ1) is 6.51. The second-order valence-electron chi connectivity index (χ2n) is 2.88. The topological polar surface area (TPSA) is 37.8 Å². The van der Waals surface area contributed by atoms with E-state index in [4.69, 9.17) is 0 Å². The molecule has 0 amide bonds. The van der Waals surface area contributed by atoms with E-state index in [9.17, 15) is 8.78 Å². The third-order valence-corrected chi connectivity index (χ3v) is 2.07. The van der Waals surface area contributed by atoms with Gasteiger partial charge in [0.1, 0.15) is 10.8 Å². The number of rotatable bonds is 4. The van der Waals surface area contributed by atoms with Crippen molar-refractivity contribution < 1.29 is 8.78 Å². The number of halogens is 2. The highest BCUT2D eigenvalue weighted by atomic mass is 32.2. The Labute approximate surface area is 85.3 Å². The molecule has 0 spiro atoms. The molecule has 6 heteroatoms. The van der Waals surface area contributed by atoms with Crippen LogP contribution < -0.4 is 5.32 Å². The Morgan fingerprint density at radius 1 is 1.43 bits per heavy atom. The first-order valence-electron chi connectivity index (χ1n) is 4.01. The van der Waals surface area contributed by atoms with Crippen LogP contribution in [0.25, 0.3) is 0 Å².